The van der Waals surface area contributed by atoms with Crippen molar-refractivity contribution >= 4 is 45.8 Å². The maximum Gasteiger partial charge on any atom is 0.243 e. The number of halogens is 1. The summed E-state index contributed by atoms with van der Waals surface area (Å²) in [6.45, 7) is 2.52. The van der Waals surface area contributed by atoms with Crippen molar-refractivity contribution in [2.24, 2.45) is 5.10 Å². The van der Waals surface area contributed by atoms with Gasteiger partial charge in [0.25, 0.3) is 0 Å². The third kappa shape index (κ3) is 4.69. The first-order valence-electron chi connectivity index (χ1n) is 8.52. The van der Waals surface area contributed by atoms with Crippen molar-refractivity contribution in [2.75, 3.05) is 11.9 Å². The number of carbonyl (C=O) groups is 2. The van der Waals surface area contributed by atoms with Gasteiger partial charge in [-0.3, -0.25) is 9.59 Å². The fourth-order valence-corrected chi connectivity index (χ4v) is 3.45. The zero-order valence-electron chi connectivity index (χ0n) is 14.5. The summed E-state index contributed by atoms with van der Waals surface area (Å²) in [4.78, 5) is 24.5. The summed E-state index contributed by atoms with van der Waals surface area (Å²) in [7, 11) is 0. The molecule has 2 aromatic rings. The minimum Gasteiger partial charge on any atom is -0.326 e. The van der Waals surface area contributed by atoms with E-state index < -0.39 is 0 Å². The van der Waals surface area contributed by atoms with Gasteiger partial charge in [0, 0.05) is 28.5 Å². The van der Waals surface area contributed by atoms with Gasteiger partial charge in [-0.1, -0.05) is 30.3 Å². The van der Waals surface area contributed by atoms with Crippen molar-refractivity contribution in [1.82, 2.24) is 5.01 Å². The van der Waals surface area contributed by atoms with Crippen molar-refractivity contribution in [2.45, 2.75) is 26.2 Å². The van der Waals surface area contributed by atoms with E-state index in [0.29, 0.717) is 6.54 Å². The highest BCUT2D eigenvalue weighted by molar-refractivity contribution is 14.1. The molecule has 1 N–H and O–H groups in total. The monoisotopic (exact) mass is 461 g/mol. The minimum absolute atomic E-state index is 0.120. The standard InChI is InChI=1S/C20H20IN3O2/c1-14-13-16(21)7-8-17(14)22-19(25)9-10-20(26)24-12-11-18(23-24)15-5-3-2-4-6-15/h2-8,13H,9-12H2,1H3,(H,22,25). The minimum atomic E-state index is -0.158. The van der Waals surface area contributed by atoms with Crippen molar-refractivity contribution in [3.8, 4) is 0 Å². The summed E-state index contributed by atoms with van der Waals surface area (Å²) in [6, 6.07) is 15.7. The second kappa shape index (κ2) is 8.44. The zero-order chi connectivity index (χ0) is 18.5. The van der Waals surface area contributed by atoms with Crippen LogP contribution in [0.3, 0.4) is 0 Å². The number of aryl methyl sites for hydroxylation is 1. The summed E-state index contributed by atoms with van der Waals surface area (Å²) in [5.41, 5.74) is 3.74. The Morgan fingerprint density at radius 3 is 2.65 bits per heavy atom. The molecule has 3 rings (SSSR count). The van der Waals surface area contributed by atoms with Crippen LogP contribution in [0.1, 0.15) is 30.4 Å². The van der Waals surface area contributed by atoms with E-state index in [4.69, 9.17) is 0 Å². The van der Waals surface area contributed by atoms with E-state index in [9.17, 15) is 9.59 Å². The molecular formula is C20H20IN3O2. The predicted octanol–water partition coefficient (Wildman–Crippen LogP) is 3.95. The Hall–Kier alpha value is -2.22. The molecule has 134 valence electrons. The molecule has 1 aliphatic heterocycles. The number of amides is 2. The molecule has 0 aromatic heterocycles. The number of benzene rings is 2. The molecule has 0 fully saturated rings. The van der Waals surface area contributed by atoms with E-state index in [0.717, 1.165) is 32.5 Å². The van der Waals surface area contributed by atoms with Crippen LogP contribution in [0.15, 0.2) is 53.6 Å². The summed E-state index contributed by atoms with van der Waals surface area (Å²) < 4.78 is 1.12. The van der Waals surface area contributed by atoms with Gasteiger partial charge < -0.3 is 5.32 Å². The van der Waals surface area contributed by atoms with Crippen LogP contribution in [0.4, 0.5) is 5.69 Å². The first kappa shape index (κ1) is 18.6. The molecule has 0 bridgehead atoms. The maximum atomic E-state index is 12.3. The number of nitrogens with one attached hydrogen (secondary N) is 1. The average Bonchev–Trinajstić information content (AvgIpc) is 3.13. The van der Waals surface area contributed by atoms with E-state index in [1.165, 1.54) is 5.01 Å². The summed E-state index contributed by atoms with van der Waals surface area (Å²) in [6.07, 6.45) is 1.04. The smallest absolute Gasteiger partial charge is 0.243 e. The third-order valence-electron chi connectivity index (χ3n) is 4.23. The number of hydrazone groups is 1. The van der Waals surface area contributed by atoms with Crippen molar-refractivity contribution < 1.29 is 9.59 Å². The van der Waals surface area contributed by atoms with Crippen LogP contribution in [-0.2, 0) is 9.59 Å². The largest absolute Gasteiger partial charge is 0.326 e. The fraction of sp³-hybridized carbons (Fsp3) is 0.250. The van der Waals surface area contributed by atoms with Gasteiger partial charge in [-0.2, -0.15) is 5.10 Å². The fourth-order valence-electron chi connectivity index (χ4n) is 2.80. The van der Waals surface area contributed by atoms with Crippen LogP contribution in [0, 0.1) is 10.5 Å². The lowest BCUT2D eigenvalue weighted by Crippen LogP contribution is -2.25. The van der Waals surface area contributed by atoms with Gasteiger partial charge in [-0.05, 0) is 58.8 Å². The zero-order valence-corrected chi connectivity index (χ0v) is 16.7. The van der Waals surface area contributed by atoms with Crippen LogP contribution in [0.25, 0.3) is 0 Å². The van der Waals surface area contributed by atoms with Crippen LogP contribution >= 0.6 is 22.6 Å². The van der Waals surface area contributed by atoms with E-state index >= 15 is 0 Å². The molecule has 1 aliphatic rings. The number of nitrogens with zero attached hydrogens (tertiary/aromatic N) is 2. The summed E-state index contributed by atoms with van der Waals surface area (Å²) in [5.74, 6) is -0.278. The number of hydrogen-bond donors (Lipinski definition) is 1. The normalized spacial score (nSPS) is 13.5. The Bertz CT molecular complexity index is 849. The second-order valence-electron chi connectivity index (χ2n) is 6.19. The van der Waals surface area contributed by atoms with Crippen LogP contribution in [0.2, 0.25) is 0 Å². The Morgan fingerprint density at radius 2 is 1.92 bits per heavy atom. The third-order valence-corrected chi connectivity index (χ3v) is 4.90. The van der Waals surface area contributed by atoms with Gasteiger partial charge in [0.05, 0.1) is 12.3 Å². The summed E-state index contributed by atoms with van der Waals surface area (Å²) in [5, 5.41) is 8.76. The lowest BCUT2D eigenvalue weighted by Gasteiger charge is -2.12. The lowest BCUT2D eigenvalue weighted by atomic mass is 10.1. The molecular weight excluding hydrogens is 441 g/mol. The quantitative estimate of drug-likeness (QED) is 0.686. The second-order valence-corrected chi connectivity index (χ2v) is 7.43. The van der Waals surface area contributed by atoms with E-state index in [2.05, 4.69) is 33.0 Å². The van der Waals surface area contributed by atoms with E-state index in [1.807, 2.05) is 55.5 Å². The molecule has 0 radical (unpaired) electrons. The molecule has 5 nitrogen and oxygen atoms in total. The lowest BCUT2D eigenvalue weighted by molar-refractivity contribution is -0.132. The Labute approximate surface area is 166 Å². The van der Waals surface area contributed by atoms with Crippen molar-refractivity contribution in [3.63, 3.8) is 0 Å². The molecule has 2 aromatic carbocycles. The molecule has 0 saturated heterocycles. The van der Waals surface area contributed by atoms with E-state index in [-0.39, 0.29) is 24.7 Å². The molecule has 0 saturated carbocycles. The molecule has 26 heavy (non-hydrogen) atoms. The first-order chi connectivity index (χ1) is 12.5. The number of rotatable bonds is 5. The maximum absolute atomic E-state index is 12.3. The highest BCUT2D eigenvalue weighted by atomic mass is 127. The predicted molar refractivity (Wildman–Crippen MR) is 111 cm³/mol. The SMILES string of the molecule is Cc1cc(I)ccc1NC(=O)CCC(=O)N1CCC(c2ccccc2)=N1. The molecule has 0 spiro atoms. The van der Waals surface area contributed by atoms with Gasteiger partial charge in [0.2, 0.25) is 11.8 Å². The average molecular weight is 461 g/mol. The number of hydrogen-bond acceptors (Lipinski definition) is 3. The van der Waals surface area contributed by atoms with Crippen molar-refractivity contribution in [1.29, 1.82) is 0 Å². The van der Waals surface area contributed by atoms with Gasteiger partial charge in [-0.25, -0.2) is 5.01 Å². The summed E-state index contributed by atoms with van der Waals surface area (Å²) >= 11 is 2.23. The molecule has 6 heteroatoms. The van der Waals surface area contributed by atoms with Crippen LogP contribution < -0.4 is 5.32 Å². The topological polar surface area (TPSA) is 61.8 Å². The van der Waals surface area contributed by atoms with Gasteiger partial charge >= 0.3 is 0 Å². The van der Waals surface area contributed by atoms with Gasteiger partial charge in [0.15, 0.2) is 0 Å². The molecule has 2 amide bonds. The Balaban J connectivity index is 1.52. The van der Waals surface area contributed by atoms with Gasteiger partial charge in [-0.15, -0.1) is 0 Å². The molecule has 0 aliphatic carbocycles. The van der Waals surface area contributed by atoms with Gasteiger partial charge in [0.1, 0.15) is 0 Å². The Morgan fingerprint density at radius 1 is 1.15 bits per heavy atom. The highest BCUT2D eigenvalue weighted by Gasteiger charge is 2.21. The molecule has 0 unspecified atom stereocenters. The Kier molecular flexibility index (Phi) is 6.03. The van der Waals surface area contributed by atoms with Crippen LogP contribution in [0.5, 0.6) is 0 Å². The van der Waals surface area contributed by atoms with E-state index in [1.54, 1.807) is 0 Å². The molecule has 1 heterocycles. The first-order valence-corrected chi connectivity index (χ1v) is 9.60. The number of carbonyl (C=O) groups excluding carboxylic acids is 2. The van der Waals surface area contributed by atoms with Crippen LogP contribution in [-0.4, -0.2) is 29.1 Å². The highest BCUT2D eigenvalue weighted by Crippen LogP contribution is 2.19. The van der Waals surface area contributed by atoms with Crippen molar-refractivity contribution in [3.05, 3.63) is 63.2 Å². The number of anilines is 1. The molecule has 0 atom stereocenters.